The molecule has 1 radical (unpaired) electrons. The van der Waals surface area contributed by atoms with Crippen LogP contribution < -0.4 is 4.74 Å². The molecule has 6 heteroatoms. The number of carbonyl (C=O) groups excluding carboxylic acids is 1. The molecular weight excluding hydrogens is 236 g/mol. The van der Waals surface area contributed by atoms with Crippen molar-refractivity contribution in [2.75, 3.05) is 0 Å². The Bertz CT molecular complexity index is 352. The van der Waals surface area contributed by atoms with Crippen LogP contribution in [0.3, 0.4) is 0 Å². The maximum atomic E-state index is 11.3. The fourth-order valence-electron chi connectivity index (χ4n) is 0.839. The van der Waals surface area contributed by atoms with E-state index in [0.717, 1.165) is 0 Å². The van der Waals surface area contributed by atoms with E-state index in [0.29, 0.717) is 16.5 Å². The molecule has 0 aliphatic carbocycles. The second-order valence-electron chi connectivity index (χ2n) is 2.55. The van der Waals surface area contributed by atoms with E-state index >= 15 is 0 Å². The van der Waals surface area contributed by atoms with Crippen LogP contribution in [0.2, 0.25) is 0 Å². The van der Waals surface area contributed by atoms with Crippen LogP contribution in [0.15, 0.2) is 30.3 Å². The highest BCUT2D eigenvalue weighted by atomic mass is 33.1. The van der Waals surface area contributed by atoms with E-state index < -0.39 is 17.2 Å². The molecule has 0 heterocycles. The quantitative estimate of drug-likeness (QED) is 0.378. The summed E-state index contributed by atoms with van der Waals surface area (Å²) in [5.41, 5.74) is 0. The molecule has 0 saturated heterocycles. The van der Waals surface area contributed by atoms with Gasteiger partial charge in [0.2, 0.25) is 5.25 Å². The molecule has 1 aromatic carbocycles. The second-order valence-corrected chi connectivity index (χ2v) is 3.79. The second kappa shape index (κ2) is 5.67. The van der Waals surface area contributed by atoms with Gasteiger partial charge in [-0.1, -0.05) is 29.0 Å². The van der Waals surface area contributed by atoms with Gasteiger partial charge in [0.05, 0.1) is 0 Å². The predicted molar refractivity (Wildman–Crippen MR) is 58.7 cm³/mol. The molecule has 1 unspecified atom stereocenters. The Labute approximate surface area is 95.4 Å². The largest absolute Gasteiger partial charge is 0.480 e. The number of carboxylic acid groups (broad SMARTS) is 1. The number of hydrogen-bond donors (Lipinski definition) is 1. The topological polar surface area (TPSA) is 63.6 Å². The predicted octanol–water partition coefficient (Wildman–Crippen LogP) is 1.89. The van der Waals surface area contributed by atoms with E-state index in [2.05, 4.69) is 11.7 Å². The van der Waals surface area contributed by atoms with Crippen molar-refractivity contribution in [2.45, 2.75) is 5.25 Å². The zero-order chi connectivity index (χ0) is 11.3. The average molecular weight is 243 g/mol. The molecule has 1 rings (SSSR count). The van der Waals surface area contributed by atoms with Crippen LogP contribution >= 0.6 is 22.5 Å². The Kier molecular flexibility index (Phi) is 4.51. The van der Waals surface area contributed by atoms with E-state index in [-0.39, 0.29) is 0 Å². The van der Waals surface area contributed by atoms with Crippen LogP contribution in [0.25, 0.3) is 0 Å². The monoisotopic (exact) mass is 243 g/mol. The van der Waals surface area contributed by atoms with Crippen LogP contribution in [0.1, 0.15) is 0 Å². The van der Waals surface area contributed by atoms with E-state index in [1.165, 1.54) is 0 Å². The number of para-hydroxylation sites is 1. The minimum Gasteiger partial charge on any atom is -0.480 e. The Morgan fingerprint density at radius 2 is 1.93 bits per heavy atom. The first kappa shape index (κ1) is 11.9. The summed E-state index contributed by atoms with van der Waals surface area (Å²) in [6.45, 7) is 0. The fourth-order valence-corrected chi connectivity index (χ4v) is 1.53. The first-order valence-electron chi connectivity index (χ1n) is 3.93. The summed E-state index contributed by atoms with van der Waals surface area (Å²) >= 11 is 4.48. The van der Waals surface area contributed by atoms with Crippen molar-refractivity contribution in [1.82, 2.24) is 0 Å². The van der Waals surface area contributed by atoms with E-state index in [1.54, 1.807) is 30.3 Å². The van der Waals surface area contributed by atoms with Crippen LogP contribution in [0.5, 0.6) is 5.75 Å². The lowest BCUT2D eigenvalue weighted by molar-refractivity contribution is -0.144. The lowest BCUT2D eigenvalue weighted by Crippen LogP contribution is -2.29. The molecule has 1 N–H and O–H groups in total. The van der Waals surface area contributed by atoms with E-state index in [1.807, 2.05) is 0 Å². The molecule has 0 aliphatic heterocycles. The summed E-state index contributed by atoms with van der Waals surface area (Å²) in [5.74, 6) is -1.86. The van der Waals surface area contributed by atoms with Gasteiger partial charge in [-0.2, -0.15) is 0 Å². The Hall–Kier alpha value is -1.14. The molecule has 4 nitrogen and oxygen atoms in total. The van der Waals surface area contributed by atoms with Crippen LogP contribution in [0, 0.1) is 0 Å². The van der Waals surface area contributed by atoms with Crippen molar-refractivity contribution in [3.8, 4) is 5.75 Å². The zero-order valence-electron chi connectivity index (χ0n) is 7.45. The molecule has 0 aliphatic rings. The summed E-state index contributed by atoms with van der Waals surface area (Å²) in [4.78, 5) is 21.9. The highest BCUT2D eigenvalue weighted by molar-refractivity contribution is 8.69. The van der Waals surface area contributed by atoms with E-state index in [9.17, 15) is 9.59 Å². The third kappa shape index (κ3) is 3.49. The number of esters is 1. The standard InChI is InChI=1S/C9H7O4S2/c10-8(11)7(15-14)9(12)13-6-4-2-1-3-5-6/h1-5,7H,(H,10,11). The Morgan fingerprint density at radius 3 is 2.40 bits per heavy atom. The van der Waals surface area contributed by atoms with Crippen molar-refractivity contribution in [3.63, 3.8) is 0 Å². The molecule has 0 aromatic heterocycles. The van der Waals surface area contributed by atoms with Gasteiger partial charge in [0.25, 0.3) is 0 Å². The van der Waals surface area contributed by atoms with Crippen molar-refractivity contribution >= 4 is 34.4 Å². The van der Waals surface area contributed by atoms with Crippen molar-refractivity contribution in [3.05, 3.63) is 30.3 Å². The number of carboxylic acids is 1. The summed E-state index contributed by atoms with van der Waals surface area (Å²) in [6.07, 6.45) is 0. The molecule has 0 amide bonds. The molecule has 0 bridgehead atoms. The molecule has 0 fully saturated rings. The minimum atomic E-state index is -1.36. The molecule has 0 saturated carbocycles. The van der Waals surface area contributed by atoms with Gasteiger partial charge in [-0.25, -0.2) is 4.79 Å². The van der Waals surface area contributed by atoms with Crippen molar-refractivity contribution < 1.29 is 19.4 Å². The third-order valence-electron chi connectivity index (χ3n) is 1.50. The molecule has 1 aromatic rings. The number of rotatable bonds is 4. The summed E-state index contributed by atoms with van der Waals surface area (Å²) in [7, 11) is 0.515. The van der Waals surface area contributed by atoms with E-state index in [4.69, 9.17) is 9.84 Å². The maximum Gasteiger partial charge on any atom is 0.336 e. The lowest BCUT2D eigenvalue weighted by atomic mass is 10.3. The third-order valence-corrected chi connectivity index (χ3v) is 2.66. The van der Waals surface area contributed by atoms with Crippen LogP contribution in [-0.4, -0.2) is 22.3 Å². The Balaban J connectivity index is 2.66. The highest BCUT2D eigenvalue weighted by Crippen LogP contribution is 2.18. The molecule has 79 valence electrons. The molecule has 1 atom stereocenters. The number of carbonyl (C=O) groups is 2. The first-order valence-corrected chi connectivity index (χ1v) is 5.74. The van der Waals surface area contributed by atoms with Gasteiger partial charge in [0.1, 0.15) is 5.75 Å². The van der Waals surface area contributed by atoms with Gasteiger partial charge in [0, 0.05) is 0 Å². The average Bonchev–Trinajstić information content (AvgIpc) is 2.19. The summed E-state index contributed by atoms with van der Waals surface area (Å²) in [6, 6.07) is 8.24. The summed E-state index contributed by atoms with van der Waals surface area (Å²) < 4.78 is 4.82. The number of hydrogen-bond acceptors (Lipinski definition) is 4. The normalized spacial score (nSPS) is 11.8. The van der Waals surface area contributed by atoms with Crippen LogP contribution in [0.4, 0.5) is 0 Å². The SMILES string of the molecule is O=C(O)C(S[S])C(=O)Oc1ccccc1. The number of ether oxygens (including phenoxy) is 1. The minimum absolute atomic E-state index is 0.304. The van der Waals surface area contributed by atoms with Gasteiger partial charge < -0.3 is 9.84 Å². The molecule has 15 heavy (non-hydrogen) atoms. The first-order chi connectivity index (χ1) is 7.15. The maximum absolute atomic E-state index is 11.3. The van der Waals surface area contributed by atoms with Gasteiger partial charge in [-0.05, 0) is 23.8 Å². The Morgan fingerprint density at radius 1 is 1.33 bits per heavy atom. The zero-order valence-corrected chi connectivity index (χ0v) is 9.09. The number of benzene rings is 1. The lowest BCUT2D eigenvalue weighted by Gasteiger charge is -2.07. The van der Waals surface area contributed by atoms with Gasteiger partial charge in [-0.3, -0.25) is 4.79 Å². The van der Waals surface area contributed by atoms with Crippen molar-refractivity contribution in [2.24, 2.45) is 0 Å². The van der Waals surface area contributed by atoms with Gasteiger partial charge in [0.15, 0.2) is 0 Å². The van der Waals surface area contributed by atoms with Crippen molar-refractivity contribution in [1.29, 1.82) is 0 Å². The number of aliphatic carboxylic acids is 1. The molecule has 0 spiro atoms. The summed E-state index contributed by atoms with van der Waals surface area (Å²) in [5, 5.41) is 7.27. The fraction of sp³-hybridized carbons (Fsp3) is 0.111. The molecular formula is C9H7O4S2. The smallest absolute Gasteiger partial charge is 0.336 e. The van der Waals surface area contributed by atoms with Gasteiger partial charge >= 0.3 is 11.9 Å². The highest BCUT2D eigenvalue weighted by Gasteiger charge is 2.28. The van der Waals surface area contributed by atoms with Gasteiger partial charge in [-0.15, -0.1) is 0 Å². The van der Waals surface area contributed by atoms with Crippen LogP contribution in [-0.2, 0) is 9.59 Å².